The summed E-state index contributed by atoms with van der Waals surface area (Å²) in [4.78, 5) is 30.6. The molecule has 1 N–H and O–H groups in total. The average Bonchev–Trinajstić information content (AvgIpc) is 3.33. The highest BCUT2D eigenvalue weighted by molar-refractivity contribution is 7.14. The van der Waals surface area contributed by atoms with Crippen molar-refractivity contribution in [1.82, 2.24) is 4.98 Å². The van der Waals surface area contributed by atoms with Crippen molar-refractivity contribution in [1.29, 1.82) is 0 Å². The first kappa shape index (κ1) is 24.2. The maximum atomic E-state index is 13.8. The van der Waals surface area contributed by atoms with Crippen LogP contribution in [0, 0.1) is 17.6 Å². The fraction of sp³-hybridized carbons (Fsp3) is 0.148. The molecule has 0 aliphatic carbocycles. The van der Waals surface area contributed by atoms with Gasteiger partial charge in [0.25, 0.3) is 0 Å². The highest BCUT2D eigenvalue weighted by Crippen LogP contribution is 2.35. The zero-order valence-corrected chi connectivity index (χ0v) is 19.6. The molecule has 0 unspecified atom stereocenters. The molecule has 178 valence electrons. The number of hydrogen-bond acceptors (Lipinski definition) is 4. The number of aromatic nitrogens is 1. The van der Waals surface area contributed by atoms with Crippen molar-refractivity contribution in [2.24, 2.45) is 5.92 Å². The lowest BCUT2D eigenvalue weighted by atomic mass is 9.95. The average molecular weight is 493 g/mol. The van der Waals surface area contributed by atoms with Crippen molar-refractivity contribution in [3.63, 3.8) is 0 Å². The number of nitrogens with zero attached hydrogens (tertiary/aromatic N) is 2. The van der Waals surface area contributed by atoms with Gasteiger partial charge in [-0.3, -0.25) is 14.5 Å². The van der Waals surface area contributed by atoms with Crippen LogP contribution in [0.5, 0.6) is 0 Å². The number of hydrogen-bond donors (Lipinski definition) is 1. The maximum Gasteiger partial charge on any atom is 0.304 e. The number of anilines is 1. The number of benzene rings is 3. The van der Waals surface area contributed by atoms with Crippen LogP contribution in [0.25, 0.3) is 22.4 Å². The van der Waals surface area contributed by atoms with Crippen molar-refractivity contribution in [3.05, 3.63) is 95.4 Å². The van der Waals surface area contributed by atoms with Crippen molar-refractivity contribution in [2.75, 3.05) is 11.9 Å². The van der Waals surface area contributed by atoms with E-state index in [2.05, 4.69) is 4.98 Å². The standard InChI is InChI=1S/C27H22F2N2O3S/c1-31(26(34)19(14-25(32)33)11-17-7-3-2-4-8-17)27-30-24(16-35-27)23-10-6-5-9-22(23)18-12-20(28)15-21(29)13-18/h2-10,12-13,15-16,19H,11,14H2,1H3,(H,32,33)/t19-/m0/s1. The second-order valence-electron chi connectivity index (χ2n) is 8.10. The van der Waals surface area contributed by atoms with Crippen LogP contribution in [0.2, 0.25) is 0 Å². The van der Waals surface area contributed by atoms with Gasteiger partial charge in [0.1, 0.15) is 11.6 Å². The van der Waals surface area contributed by atoms with E-state index in [0.717, 1.165) is 11.6 Å². The predicted molar refractivity (Wildman–Crippen MR) is 132 cm³/mol. The number of carbonyl (C=O) groups excluding carboxylic acids is 1. The molecule has 1 amide bonds. The Morgan fingerprint density at radius 3 is 2.26 bits per heavy atom. The second kappa shape index (κ2) is 10.6. The molecular formula is C27H22F2N2O3S. The minimum atomic E-state index is -1.05. The minimum absolute atomic E-state index is 0.294. The van der Waals surface area contributed by atoms with Gasteiger partial charge in [0, 0.05) is 24.1 Å². The molecule has 0 spiro atoms. The molecule has 0 bridgehead atoms. The number of rotatable bonds is 8. The van der Waals surface area contributed by atoms with Gasteiger partial charge in [-0.15, -0.1) is 11.3 Å². The van der Waals surface area contributed by atoms with E-state index in [9.17, 15) is 23.5 Å². The van der Waals surface area contributed by atoms with E-state index in [0.29, 0.717) is 33.9 Å². The fourth-order valence-corrected chi connectivity index (χ4v) is 4.73. The summed E-state index contributed by atoms with van der Waals surface area (Å²) >= 11 is 1.23. The first-order chi connectivity index (χ1) is 16.8. The molecule has 0 aliphatic heterocycles. The van der Waals surface area contributed by atoms with Crippen molar-refractivity contribution in [2.45, 2.75) is 12.8 Å². The molecule has 35 heavy (non-hydrogen) atoms. The van der Waals surface area contributed by atoms with Crippen molar-refractivity contribution in [3.8, 4) is 22.4 Å². The zero-order valence-electron chi connectivity index (χ0n) is 18.8. The van der Waals surface area contributed by atoms with Crippen LogP contribution in [0.15, 0.2) is 78.2 Å². The lowest BCUT2D eigenvalue weighted by molar-refractivity contribution is -0.140. The Labute approximate surface area is 205 Å². The van der Waals surface area contributed by atoms with Gasteiger partial charge in [-0.1, -0.05) is 54.6 Å². The first-order valence-corrected chi connectivity index (χ1v) is 11.7. The number of halogens is 2. The summed E-state index contributed by atoms with van der Waals surface area (Å²) in [5.41, 5.74) is 3.05. The van der Waals surface area contributed by atoms with Gasteiger partial charge >= 0.3 is 5.97 Å². The molecule has 0 radical (unpaired) electrons. The van der Waals surface area contributed by atoms with Crippen molar-refractivity contribution < 1.29 is 23.5 Å². The minimum Gasteiger partial charge on any atom is -0.481 e. The molecule has 4 aromatic rings. The molecule has 4 rings (SSSR count). The molecule has 1 heterocycles. The van der Waals surface area contributed by atoms with Crippen LogP contribution in [0.3, 0.4) is 0 Å². The molecule has 0 saturated carbocycles. The number of thiazole rings is 1. The Balaban J connectivity index is 1.62. The maximum absolute atomic E-state index is 13.8. The van der Waals surface area contributed by atoms with E-state index in [1.165, 1.54) is 28.4 Å². The Morgan fingerprint density at radius 1 is 0.971 bits per heavy atom. The molecule has 0 fully saturated rings. The smallest absolute Gasteiger partial charge is 0.304 e. The Hall–Kier alpha value is -3.91. The Bertz CT molecular complexity index is 1340. The monoisotopic (exact) mass is 492 g/mol. The molecule has 0 saturated heterocycles. The normalized spacial score (nSPS) is 11.7. The van der Waals surface area contributed by atoms with Gasteiger partial charge in [0.15, 0.2) is 5.13 Å². The number of amides is 1. The number of carboxylic acid groups (broad SMARTS) is 1. The van der Waals surface area contributed by atoms with Crippen LogP contribution in [0.1, 0.15) is 12.0 Å². The van der Waals surface area contributed by atoms with E-state index in [1.54, 1.807) is 36.7 Å². The number of carbonyl (C=O) groups is 2. The van der Waals surface area contributed by atoms with Gasteiger partial charge in [-0.25, -0.2) is 13.8 Å². The lowest BCUT2D eigenvalue weighted by Crippen LogP contribution is -2.35. The quantitative estimate of drug-likeness (QED) is 0.325. The summed E-state index contributed by atoms with van der Waals surface area (Å²) in [6, 6.07) is 19.7. The third kappa shape index (κ3) is 5.78. The van der Waals surface area contributed by atoms with Crippen LogP contribution in [0.4, 0.5) is 13.9 Å². The van der Waals surface area contributed by atoms with E-state index in [1.807, 2.05) is 30.3 Å². The molecule has 5 nitrogen and oxygen atoms in total. The third-order valence-electron chi connectivity index (χ3n) is 5.58. The van der Waals surface area contributed by atoms with E-state index in [-0.39, 0.29) is 12.3 Å². The summed E-state index contributed by atoms with van der Waals surface area (Å²) in [6.45, 7) is 0. The van der Waals surface area contributed by atoms with Gasteiger partial charge in [0.2, 0.25) is 5.91 Å². The van der Waals surface area contributed by atoms with Crippen LogP contribution < -0.4 is 4.90 Å². The molecular weight excluding hydrogens is 470 g/mol. The van der Waals surface area contributed by atoms with Gasteiger partial charge in [0.05, 0.1) is 18.0 Å². The fourth-order valence-electron chi connectivity index (χ4n) is 3.93. The largest absolute Gasteiger partial charge is 0.481 e. The molecule has 3 aromatic carbocycles. The third-order valence-corrected chi connectivity index (χ3v) is 6.50. The van der Waals surface area contributed by atoms with Crippen LogP contribution in [-0.4, -0.2) is 29.0 Å². The molecule has 0 aliphatic rings. The summed E-state index contributed by atoms with van der Waals surface area (Å²) in [6.07, 6.45) is -0.00716. The Kier molecular flexibility index (Phi) is 7.31. The summed E-state index contributed by atoms with van der Waals surface area (Å²) in [7, 11) is 1.57. The summed E-state index contributed by atoms with van der Waals surface area (Å²) < 4.78 is 27.7. The summed E-state index contributed by atoms with van der Waals surface area (Å²) in [5.74, 6) is -3.51. The van der Waals surface area contributed by atoms with Crippen LogP contribution >= 0.6 is 11.3 Å². The number of carboxylic acids is 1. The lowest BCUT2D eigenvalue weighted by Gasteiger charge is -2.21. The molecule has 1 aromatic heterocycles. The molecule has 8 heteroatoms. The van der Waals surface area contributed by atoms with Gasteiger partial charge < -0.3 is 5.11 Å². The molecule has 1 atom stereocenters. The van der Waals surface area contributed by atoms with E-state index >= 15 is 0 Å². The highest BCUT2D eigenvalue weighted by atomic mass is 32.1. The van der Waals surface area contributed by atoms with Gasteiger partial charge in [-0.05, 0) is 35.2 Å². The SMILES string of the molecule is CN(C(=O)[C@H](CC(=O)O)Cc1ccccc1)c1nc(-c2ccccc2-c2cc(F)cc(F)c2)cs1. The highest BCUT2D eigenvalue weighted by Gasteiger charge is 2.27. The topological polar surface area (TPSA) is 70.5 Å². The van der Waals surface area contributed by atoms with Gasteiger partial charge in [-0.2, -0.15) is 0 Å². The summed E-state index contributed by atoms with van der Waals surface area (Å²) in [5, 5.41) is 11.5. The Morgan fingerprint density at radius 2 is 1.60 bits per heavy atom. The van der Waals surface area contributed by atoms with E-state index < -0.39 is 23.5 Å². The first-order valence-electron chi connectivity index (χ1n) is 10.9. The van der Waals surface area contributed by atoms with E-state index in [4.69, 9.17) is 0 Å². The number of aliphatic carboxylic acids is 1. The van der Waals surface area contributed by atoms with Crippen LogP contribution in [-0.2, 0) is 16.0 Å². The predicted octanol–water partition coefficient (Wildman–Crippen LogP) is 6.05. The zero-order chi connectivity index (χ0) is 24.9. The second-order valence-corrected chi connectivity index (χ2v) is 8.94. The van der Waals surface area contributed by atoms with Crippen molar-refractivity contribution >= 4 is 28.3 Å².